The van der Waals surface area contributed by atoms with Gasteiger partial charge in [-0.1, -0.05) is 30.3 Å². The Hall–Kier alpha value is -3.10. The van der Waals surface area contributed by atoms with Crippen molar-refractivity contribution >= 4 is 23.3 Å². The van der Waals surface area contributed by atoms with Crippen molar-refractivity contribution in [3.8, 4) is 0 Å². The minimum Gasteiger partial charge on any atom is -0.376 e. The monoisotopic (exact) mass is 466 g/mol. The quantitative estimate of drug-likeness (QED) is 0.624. The van der Waals surface area contributed by atoms with E-state index in [0.29, 0.717) is 32.0 Å². The van der Waals surface area contributed by atoms with Crippen LogP contribution in [0.4, 0.5) is 16.2 Å². The summed E-state index contributed by atoms with van der Waals surface area (Å²) >= 11 is 0. The number of hydrogen-bond donors (Lipinski definition) is 2. The lowest BCUT2D eigenvalue weighted by Crippen LogP contribution is -2.51. The van der Waals surface area contributed by atoms with Gasteiger partial charge in [-0.25, -0.2) is 4.79 Å². The van der Waals surface area contributed by atoms with Gasteiger partial charge in [-0.05, 0) is 49.1 Å². The van der Waals surface area contributed by atoms with Crippen molar-refractivity contribution in [3.05, 3.63) is 60.2 Å². The predicted octanol–water partition coefficient (Wildman–Crippen LogP) is 3.24. The van der Waals surface area contributed by atoms with Crippen LogP contribution in [0, 0.1) is 0 Å². The van der Waals surface area contributed by atoms with Crippen molar-refractivity contribution in [1.82, 2.24) is 10.2 Å². The molecule has 8 heteroatoms. The Morgan fingerprint density at radius 3 is 2.59 bits per heavy atom. The Kier molecular flexibility index (Phi) is 8.76. The van der Waals surface area contributed by atoms with E-state index in [1.807, 2.05) is 42.5 Å². The molecule has 2 fully saturated rings. The number of nitrogens with one attached hydrogen (secondary N) is 2. The zero-order valence-corrected chi connectivity index (χ0v) is 19.6. The number of rotatable bonds is 8. The molecule has 2 aliphatic heterocycles. The van der Waals surface area contributed by atoms with Crippen LogP contribution in [0.5, 0.6) is 0 Å². The van der Waals surface area contributed by atoms with Crippen molar-refractivity contribution in [2.24, 2.45) is 0 Å². The van der Waals surface area contributed by atoms with Crippen molar-refractivity contribution in [2.75, 3.05) is 56.2 Å². The van der Waals surface area contributed by atoms with E-state index >= 15 is 0 Å². The summed E-state index contributed by atoms with van der Waals surface area (Å²) in [7, 11) is 0. The molecule has 1 unspecified atom stereocenters. The van der Waals surface area contributed by atoms with E-state index in [1.54, 1.807) is 4.90 Å². The summed E-state index contributed by atoms with van der Waals surface area (Å²) in [4.78, 5) is 28.9. The lowest BCUT2D eigenvalue weighted by Gasteiger charge is -2.36. The Labute approximate surface area is 201 Å². The molecule has 3 amide bonds. The van der Waals surface area contributed by atoms with E-state index in [4.69, 9.17) is 9.47 Å². The summed E-state index contributed by atoms with van der Waals surface area (Å²) in [6, 6.07) is 17.3. The maximum absolute atomic E-state index is 12.5. The van der Waals surface area contributed by atoms with Gasteiger partial charge in [0.25, 0.3) is 0 Å². The summed E-state index contributed by atoms with van der Waals surface area (Å²) in [6.45, 7) is 4.68. The van der Waals surface area contributed by atoms with E-state index in [1.165, 1.54) is 12.1 Å². The number of para-hydroxylation sites is 1. The molecule has 2 aromatic carbocycles. The fourth-order valence-electron chi connectivity index (χ4n) is 4.28. The number of benzene rings is 2. The van der Waals surface area contributed by atoms with Gasteiger partial charge in [0.05, 0.1) is 25.9 Å². The molecular formula is C26H34N4O4. The highest BCUT2D eigenvalue weighted by atomic mass is 16.5. The van der Waals surface area contributed by atoms with Crippen LogP contribution in [0.15, 0.2) is 54.6 Å². The molecule has 2 heterocycles. The molecule has 182 valence electrons. The van der Waals surface area contributed by atoms with Crippen molar-refractivity contribution < 1.29 is 19.1 Å². The number of ether oxygens (including phenoxy) is 2. The number of urea groups is 1. The van der Waals surface area contributed by atoms with Crippen LogP contribution in [0.2, 0.25) is 0 Å². The van der Waals surface area contributed by atoms with Crippen LogP contribution < -0.4 is 15.5 Å². The van der Waals surface area contributed by atoms with Gasteiger partial charge in [0.1, 0.15) is 0 Å². The highest BCUT2D eigenvalue weighted by Crippen LogP contribution is 2.16. The third-order valence-electron chi connectivity index (χ3n) is 6.19. The summed E-state index contributed by atoms with van der Waals surface area (Å²) in [5.41, 5.74) is 2.81. The number of amides is 3. The Morgan fingerprint density at radius 2 is 1.82 bits per heavy atom. The lowest BCUT2D eigenvalue weighted by molar-refractivity contribution is -0.130. The number of nitrogens with zero attached hydrogens (tertiary/aromatic N) is 2. The molecule has 0 aromatic heterocycles. The molecular weight excluding hydrogens is 432 g/mol. The highest BCUT2D eigenvalue weighted by Gasteiger charge is 2.21. The van der Waals surface area contributed by atoms with Crippen LogP contribution in [0.3, 0.4) is 0 Å². The van der Waals surface area contributed by atoms with Gasteiger partial charge in [0, 0.05) is 44.2 Å². The van der Waals surface area contributed by atoms with E-state index in [-0.39, 0.29) is 18.6 Å². The Bertz CT molecular complexity index is 925. The normalized spacial score (nSPS) is 18.4. The molecule has 2 aliphatic rings. The van der Waals surface area contributed by atoms with Crippen molar-refractivity contribution in [2.45, 2.75) is 32.0 Å². The predicted molar refractivity (Wildman–Crippen MR) is 132 cm³/mol. The van der Waals surface area contributed by atoms with Gasteiger partial charge in [0.2, 0.25) is 5.91 Å². The first-order valence-electron chi connectivity index (χ1n) is 12.1. The summed E-state index contributed by atoms with van der Waals surface area (Å²) in [5.74, 6) is -0.0741. The van der Waals surface area contributed by atoms with Crippen LogP contribution in [-0.2, 0) is 20.9 Å². The van der Waals surface area contributed by atoms with E-state index in [9.17, 15) is 9.59 Å². The van der Waals surface area contributed by atoms with Gasteiger partial charge < -0.3 is 29.9 Å². The van der Waals surface area contributed by atoms with Gasteiger partial charge >= 0.3 is 6.03 Å². The molecule has 2 N–H and O–H groups in total. The number of piperazine rings is 1. The zero-order valence-electron chi connectivity index (χ0n) is 19.6. The van der Waals surface area contributed by atoms with E-state index < -0.39 is 6.03 Å². The minimum absolute atomic E-state index is 0.0264. The smallest absolute Gasteiger partial charge is 0.319 e. The summed E-state index contributed by atoms with van der Waals surface area (Å²) in [6.07, 6.45) is 3.54. The van der Waals surface area contributed by atoms with Gasteiger partial charge in [-0.2, -0.15) is 0 Å². The second-order valence-electron chi connectivity index (χ2n) is 8.72. The average Bonchev–Trinajstić information content (AvgIpc) is 2.89. The summed E-state index contributed by atoms with van der Waals surface area (Å²) in [5, 5.41) is 5.47. The molecule has 2 aromatic rings. The first-order valence-corrected chi connectivity index (χ1v) is 12.1. The largest absolute Gasteiger partial charge is 0.376 e. The molecule has 0 radical (unpaired) electrons. The Morgan fingerprint density at radius 1 is 1.00 bits per heavy atom. The SMILES string of the molecule is O=C(NCC(=O)N1CCN(c2ccccc2)CC1)Nc1cccc(COCC2CCCCO2)c1. The molecule has 8 nitrogen and oxygen atoms in total. The highest BCUT2D eigenvalue weighted by molar-refractivity contribution is 5.92. The second kappa shape index (κ2) is 12.4. The standard InChI is InChI=1S/C26H34N4O4/c31-25(30-14-12-29(13-15-30)23-9-2-1-3-10-23)18-27-26(32)28-22-8-6-7-21(17-22)19-33-20-24-11-4-5-16-34-24/h1-3,6-10,17,24H,4-5,11-16,18-20H2,(H2,27,28,32). The van der Waals surface area contributed by atoms with Gasteiger partial charge in [-0.3, -0.25) is 4.79 Å². The first kappa shape index (κ1) is 24.0. The third kappa shape index (κ3) is 7.20. The van der Waals surface area contributed by atoms with Gasteiger partial charge in [0.15, 0.2) is 0 Å². The zero-order chi connectivity index (χ0) is 23.6. The van der Waals surface area contributed by atoms with Crippen molar-refractivity contribution in [1.29, 1.82) is 0 Å². The molecule has 2 saturated heterocycles. The van der Waals surface area contributed by atoms with Crippen LogP contribution in [0.25, 0.3) is 0 Å². The fraction of sp³-hybridized carbons (Fsp3) is 0.462. The lowest BCUT2D eigenvalue weighted by atomic mass is 10.1. The maximum atomic E-state index is 12.5. The summed E-state index contributed by atoms with van der Waals surface area (Å²) < 4.78 is 11.5. The van der Waals surface area contributed by atoms with Gasteiger partial charge in [-0.15, -0.1) is 0 Å². The number of hydrogen-bond acceptors (Lipinski definition) is 5. The van der Waals surface area contributed by atoms with E-state index in [2.05, 4.69) is 27.7 Å². The van der Waals surface area contributed by atoms with Crippen LogP contribution >= 0.6 is 0 Å². The molecule has 4 rings (SSSR count). The average molecular weight is 467 g/mol. The fourth-order valence-corrected chi connectivity index (χ4v) is 4.28. The third-order valence-corrected chi connectivity index (χ3v) is 6.19. The van der Waals surface area contributed by atoms with Crippen LogP contribution in [0.1, 0.15) is 24.8 Å². The van der Waals surface area contributed by atoms with E-state index in [0.717, 1.165) is 38.1 Å². The molecule has 0 aliphatic carbocycles. The topological polar surface area (TPSA) is 83.1 Å². The minimum atomic E-state index is -0.398. The molecule has 0 saturated carbocycles. The Balaban J connectivity index is 1.15. The molecule has 34 heavy (non-hydrogen) atoms. The number of carbonyl (C=O) groups is 2. The van der Waals surface area contributed by atoms with Crippen molar-refractivity contribution in [3.63, 3.8) is 0 Å². The number of anilines is 2. The number of carbonyl (C=O) groups excluding carboxylic acids is 2. The molecule has 0 bridgehead atoms. The second-order valence-corrected chi connectivity index (χ2v) is 8.72. The van der Waals surface area contributed by atoms with Crippen LogP contribution in [-0.4, -0.2) is 68.9 Å². The molecule has 0 spiro atoms. The molecule has 1 atom stereocenters. The first-order chi connectivity index (χ1) is 16.7. The maximum Gasteiger partial charge on any atom is 0.319 e.